The summed E-state index contributed by atoms with van der Waals surface area (Å²) in [7, 11) is 0. The Morgan fingerprint density at radius 3 is 2.57 bits per heavy atom. The Kier molecular flexibility index (Phi) is 5.23. The number of phenols is 1. The molecule has 0 radical (unpaired) electrons. The molecule has 0 saturated heterocycles. The van der Waals surface area contributed by atoms with E-state index in [2.05, 4.69) is 42.4 Å². The molecule has 0 aliphatic carbocycles. The number of phenolic OH excluding ortho intramolecular Hbond substituents is 1. The van der Waals surface area contributed by atoms with Crippen LogP contribution in [0.2, 0.25) is 0 Å². The van der Waals surface area contributed by atoms with Gasteiger partial charge in [0.05, 0.1) is 10.7 Å². The predicted octanol–water partition coefficient (Wildman–Crippen LogP) is 4.36. The quantitative estimate of drug-likeness (QED) is 0.409. The highest BCUT2D eigenvalue weighted by Crippen LogP contribution is 2.36. The van der Waals surface area contributed by atoms with Crippen LogP contribution < -0.4 is 14.9 Å². The molecule has 0 fully saturated rings. The Balaban J connectivity index is 1.45. The molecule has 0 bridgehead atoms. The summed E-state index contributed by atoms with van der Waals surface area (Å²) in [4.78, 5) is 12.4. The van der Waals surface area contributed by atoms with E-state index in [0.717, 1.165) is 10.8 Å². The van der Waals surface area contributed by atoms with E-state index >= 15 is 0 Å². The smallest absolute Gasteiger partial charge is 0.284 e. The molecule has 8 heteroatoms. The molecule has 1 atom stereocenters. The number of hydrazone groups is 1. The SMILES string of the molecule is O=C(N/N=C/c1cc(O)c(Br)cc1Br)[C@@H]1COc2cc3ccccc3cc2O1. The molecule has 4 rings (SSSR count). The van der Waals surface area contributed by atoms with Gasteiger partial charge in [-0.3, -0.25) is 4.79 Å². The van der Waals surface area contributed by atoms with Gasteiger partial charge < -0.3 is 14.6 Å². The maximum Gasteiger partial charge on any atom is 0.284 e. The molecular formula is C20H14Br2N2O4. The number of ether oxygens (including phenoxy) is 2. The largest absolute Gasteiger partial charge is 0.507 e. The van der Waals surface area contributed by atoms with Crippen molar-refractivity contribution in [3.8, 4) is 17.2 Å². The Labute approximate surface area is 177 Å². The molecule has 1 amide bonds. The van der Waals surface area contributed by atoms with E-state index in [0.29, 0.717) is 26.0 Å². The van der Waals surface area contributed by atoms with Gasteiger partial charge in [0.1, 0.15) is 12.4 Å². The molecule has 2 N–H and O–H groups in total. The summed E-state index contributed by atoms with van der Waals surface area (Å²) >= 11 is 6.60. The van der Waals surface area contributed by atoms with Gasteiger partial charge in [0, 0.05) is 10.0 Å². The summed E-state index contributed by atoms with van der Waals surface area (Å²) in [6.07, 6.45) is 0.617. The van der Waals surface area contributed by atoms with Crippen molar-refractivity contribution in [1.29, 1.82) is 0 Å². The van der Waals surface area contributed by atoms with E-state index < -0.39 is 12.0 Å². The number of carbonyl (C=O) groups is 1. The van der Waals surface area contributed by atoms with Crippen molar-refractivity contribution in [3.05, 3.63) is 63.0 Å². The van der Waals surface area contributed by atoms with Crippen molar-refractivity contribution in [2.45, 2.75) is 6.10 Å². The average molecular weight is 506 g/mol. The first-order chi connectivity index (χ1) is 13.5. The normalized spacial score (nSPS) is 15.7. The third-order valence-corrected chi connectivity index (χ3v) is 5.53. The zero-order valence-corrected chi connectivity index (χ0v) is 17.5. The molecule has 6 nitrogen and oxygen atoms in total. The summed E-state index contributed by atoms with van der Waals surface area (Å²) in [6.45, 7) is 0.0927. The Hall–Kier alpha value is -2.58. The lowest BCUT2D eigenvalue weighted by Crippen LogP contribution is -2.42. The van der Waals surface area contributed by atoms with Gasteiger partial charge in [-0.05, 0) is 51.0 Å². The Morgan fingerprint density at radius 1 is 1.11 bits per heavy atom. The van der Waals surface area contributed by atoms with Gasteiger partial charge in [-0.1, -0.05) is 40.2 Å². The van der Waals surface area contributed by atoms with Gasteiger partial charge in [0.2, 0.25) is 6.10 Å². The molecule has 28 heavy (non-hydrogen) atoms. The van der Waals surface area contributed by atoms with Crippen LogP contribution in [0.1, 0.15) is 5.56 Å². The lowest BCUT2D eigenvalue weighted by atomic mass is 10.1. The summed E-state index contributed by atoms with van der Waals surface area (Å²) in [5.41, 5.74) is 3.05. The highest BCUT2D eigenvalue weighted by molar-refractivity contribution is 9.11. The maximum absolute atomic E-state index is 12.4. The zero-order valence-electron chi connectivity index (χ0n) is 14.4. The van der Waals surface area contributed by atoms with Gasteiger partial charge in [-0.2, -0.15) is 5.10 Å². The van der Waals surface area contributed by atoms with Crippen LogP contribution in [-0.2, 0) is 4.79 Å². The van der Waals surface area contributed by atoms with Crippen molar-refractivity contribution in [2.75, 3.05) is 6.61 Å². The summed E-state index contributed by atoms with van der Waals surface area (Å²) in [5.74, 6) is 0.784. The van der Waals surface area contributed by atoms with E-state index in [-0.39, 0.29) is 12.4 Å². The number of aromatic hydroxyl groups is 1. The van der Waals surface area contributed by atoms with E-state index in [9.17, 15) is 9.90 Å². The third kappa shape index (κ3) is 3.83. The fraction of sp³-hybridized carbons (Fsp3) is 0.100. The lowest BCUT2D eigenvalue weighted by Gasteiger charge is -2.25. The van der Waals surface area contributed by atoms with Crippen LogP contribution in [0.4, 0.5) is 0 Å². The van der Waals surface area contributed by atoms with Crippen molar-refractivity contribution in [2.24, 2.45) is 5.10 Å². The number of amides is 1. The molecule has 3 aromatic rings. The molecule has 0 saturated carbocycles. The fourth-order valence-electron chi connectivity index (χ4n) is 2.78. The number of benzene rings is 3. The molecule has 1 heterocycles. The molecule has 1 aliphatic heterocycles. The second kappa shape index (κ2) is 7.81. The van der Waals surface area contributed by atoms with Crippen LogP contribution in [0.3, 0.4) is 0 Å². The van der Waals surface area contributed by atoms with Crippen molar-refractivity contribution < 1.29 is 19.4 Å². The number of hydrogen-bond acceptors (Lipinski definition) is 5. The number of carbonyl (C=O) groups excluding carboxylic acids is 1. The number of nitrogens with zero attached hydrogens (tertiary/aromatic N) is 1. The molecule has 0 spiro atoms. The maximum atomic E-state index is 12.4. The van der Waals surface area contributed by atoms with Crippen molar-refractivity contribution >= 4 is 54.8 Å². The minimum absolute atomic E-state index is 0.0730. The lowest BCUT2D eigenvalue weighted by molar-refractivity contribution is -0.130. The van der Waals surface area contributed by atoms with Gasteiger partial charge in [0.15, 0.2) is 11.5 Å². The predicted molar refractivity (Wildman–Crippen MR) is 113 cm³/mol. The molecule has 1 aliphatic rings. The first-order valence-corrected chi connectivity index (χ1v) is 9.93. The molecule has 142 valence electrons. The van der Waals surface area contributed by atoms with Crippen LogP contribution in [0.15, 0.2) is 62.6 Å². The van der Waals surface area contributed by atoms with Crippen LogP contribution in [-0.4, -0.2) is 29.9 Å². The first kappa shape index (κ1) is 18.8. The van der Waals surface area contributed by atoms with E-state index in [1.807, 2.05) is 36.4 Å². The molecule has 0 unspecified atom stereocenters. The average Bonchev–Trinajstić information content (AvgIpc) is 2.69. The van der Waals surface area contributed by atoms with Crippen molar-refractivity contribution in [1.82, 2.24) is 5.43 Å². The highest BCUT2D eigenvalue weighted by Gasteiger charge is 2.27. The fourth-order valence-corrected chi connectivity index (χ4v) is 3.87. The van der Waals surface area contributed by atoms with Crippen LogP contribution in [0.5, 0.6) is 17.2 Å². The minimum Gasteiger partial charge on any atom is -0.507 e. The summed E-state index contributed by atoms with van der Waals surface area (Å²) in [5, 5.41) is 15.7. The molecular weight excluding hydrogens is 492 g/mol. The monoisotopic (exact) mass is 504 g/mol. The van der Waals surface area contributed by atoms with Crippen LogP contribution in [0.25, 0.3) is 10.8 Å². The van der Waals surface area contributed by atoms with Crippen LogP contribution in [0, 0.1) is 0 Å². The summed E-state index contributed by atoms with van der Waals surface area (Å²) < 4.78 is 12.8. The molecule has 3 aromatic carbocycles. The first-order valence-electron chi connectivity index (χ1n) is 8.34. The third-order valence-electron chi connectivity index (χ3n) is 4.21. The Bertz CT molecular complexity index is 1100. The highest BCUT2D eigenvalue weighted by atomic mass is 79.9. The number of halogens is 2. The second-order valence-corrected chi connectivity index (χ2v) is 7.83. The van der Waals surface area contributed by atoms with Gasteiger partial charge in [0.25, 0.3) is 5.91 Å². The second-order valence-electron chi connectivity index (χ2n) is 6.12. The number of rotatable bonds is 3. The molecule has 0 aromatic heterocycles. The Morgan fingerprint density at radius 2 is 1.82 bits per heavy atom. The van der Waals surface area contributed by atoms with Gasteiger partial charge >= 0.3 is 0 Å². The standard InChI is InChI=1S/C20H14Br2N2O4/c21-14-8-15(22)16(25)5-13(14)9-23-24-20(26)19-10-27-17-6-11-3-1-2-4-12(11)7-18(17)28-19/h1-9,19,25H,10H2,(H,24,26)/b23-9+/t19-/m0/s1. The van der Waals surface area contributed by atoms with E-state index in [1.54, 1.807) is 6.07 Å². The van der Waals surface area contributed by atoms with Gasteiger partial charge in [-0.15, -0.1) is 0 Å². The summed E-state index contributed by atoms with van der Waals surface area (Å²) in [6, 6.07) is 14.8. The number of fused-ring (bicyclic) bond motifs is 2. The van der Waals surface area contributed by atoms with Crippen LogP contribution >= 0.6 is 31.9 Å². The van der Waals surface area contributed by atoms with E-state index in [1.165, 1.54) is 12.3 Å². The van der Waals surface area contributed by atoms with Gasteiger partial charge in [-0.25, -0.2) is 5.43 Å². The zero-order chi connectivity index (χ0) is 19.7. The number of hydrogen-bond donors (Lipinski definition) is 2. The van der Waals surface area contributed by atoms with E-state index in [4.69, 9.17) is 9.47 Å². The topological polar surface area (TPSA) is 80.2 Å². The number of nitrogens with one attached hydrogen (secondary N) is 1. The minimum atomic E-state index is -0.812. The van der Waals surface area contributed by atoms with Crippen molar-refractivity contribution in [3.63, 3.8) is 0 Å².